The molecule has 1 N–H and O–H groups in total. The van der Waals surface area contributed by atoms with E-state index in [-0.39, 0.29) is 11.7 Å². The number of carboxylic acids is 1. The maximum Gasteiger partial charge on any atom is 0.304 e. The molecule has 1 unspecified atom stereocenters. The minimum absolute atomic E-state index is 0.00620. The van der Waals surface area contributed by atoms with Gasteiger partial charge in [-0.15, -0.1) is 11.8 Å². The number of benzene rings is 2. The van der Waals surface area contributed by atoms with Crippen molar-refractivity contribution >= 4 is 17.7 Å². The lowest BCUT2D eigenvalue weighted by atomic mass is 10.1. The highest BCUT2D eigenvalue weighted by Gasteiger charge is 2.16. The van der Waals surface area contributed by atoms with Gasteiger partial charge in [0.15, 0.2) is 0 Å². The zero-order valence-corrected chi connectivity index (χ0v) is 12.3. The second kappa shape index (κ2) is 7.15. The van der Waals surface area contributed by atoms with Gasteiger partial charge in [-0.25, -0.2) is 0 Å². The summed E-state index contributed by atoms with van der Waals surface area (Å²) in [6.45, 7) is 2.03. The van der Waals surface area contributed by atoms with Crippen molar-refractivity contribution in [1.82, 2.24) is 0 Å². The Hall–Kier alpha value is -1.74. The van der Waals surface area contributed by atoms with Gasteiger partial charge in [0.1, 0.15) is 0 Å². The summed E-state index contributed by atoms with van der Waals surface area (Å²) in [6.07, 6.45) is 0.153. The highest BCUT2D eigenvalue weighted by molar-refractivity contribution is 7.98. The van der Waals surface area contributed by atoms with Crippen LogP contribution in [-0.2, 0) is 10.5 Å². The first-order chi connectivity index (χ1) is 9.65. The predicted molar refractivity (Wildman–Crippen MR) is 83.9 cm³/mol. The maximum atomic E-state index is 11.0. The van der Waals surface area contributed by atoms with Crippen LogP contribution in [0.1, 0.15) is 28.4 Å². The number of aryl methyl sites for hydroxylation is 1. The van der Waals surface area contributed by atoms with Gasteiger partial charge in [-0.05, 0) is 18.1 Å². The number of aliphatic carboxylic acids is 1. The Morgan fingerprint density at radius 2 is 1.75 bits per heavy atom. The van der Waals surface area contributed by atoms with E-state index in [1.807, 2.05) is 49.4 Å². The van der Waals surface area contributed by atoms with Crippen LogP contribution in [0.5, 0.6) is 0 Å². The van der Waals surface area contributed by atoms with Gasteiger partial charge in [0.2, 0.25) is 0 Å². The van der Waals surface area contributed by atoms with Gasteiger partial charge >= 0.3 is 5.97 Å². The minimum atomic E-state index is -0.754. The Bertz CT molecular complexity index is 549. The molecule has 0 aliphatic heterocycles. The molecule has 0 aromatic heterocycles. The van der Waals surface area contributed by atoms with Gasteiger partial charge in [-0.2, -0.15) is 0 Å². The molecular weight excluding hydrogens is 268 g/mol. The lowest BCUT2D eigenvalue weighted by Gasteiger charge is -2.15. The van der Waals surface area contributed by atoms with Crippen molar-refractivity contribution in [3.05, 3.63) is 71.3 Å². The van der Waals surface area contributed by atoms with E-state index < -0.39 is 5.97 Å². The minimum Gasteiger partial charge on any atom is -0.481 e. The summed E-state index contributed by atoms with van der Waals surface area (Å²) in [7, 11) is 0. The van der Waals surface area contributed by atoms with E-state index in [2.05, 4.69) is 12.1 Å². The molecular formula is C17H18O2S. The average molecular weight is 286 g/mol. The summed E-state index contributed by atoms with van der Waals surface area (Å²) in [5.74, 6) is 0.0725. The van der Waals surface area contributed by atoms with Crippen LogP contribution in [-0.4, -0.2) is 11.1 Å². The molecule has 0 saturated carbocycles. The summed E-state index contributed by atoms with van der Waals surface area (Å²) < 4.78 is 0. The highest BCUT2D eigenvalue weighted by Crippen LogP contribution is 2.34. The topological polar surface area (TPSA) is 37.3 Å². The largest absolute Gasteiger partial charge is 0.481 e. The first-order valence-electron chi connectivity index (χ1n) is 6.59. The first-order valence-corrected chi connectivity index (χ1v) is 7.64. The first kappa shape index (κ1) is 14.7. The second-order valence-corrected chi connectivity index (χ2v) is 5.98. The molecule has 1 atom stereocenters. The van der Waals surface area contributed by atoms with Crippen LogP contribution in [0.4, 0.5) is 0 Å². The van der Waals surface area contributed by atoms with Crippen molar-refractivity contribution < 1.29 is 9.90 Å². The van der Waals surface area contributed by atoms with Crippen LogP contribution in [0.3, 0.4) is 0 Å². The van der Waals surface area contributed by atoms with Gasteiger partial charge in [-0.3, -0.25) is 4.79 Å². The van der Waals surface area contributed by atoms with E-state index in [4.69, 9.17) is 5.11 Å². The zero-order valence-electron chi connectivity index (χ0n) is 11.5. The normalized spacial score (nSPS) is 12.1. The molecule has 2 aromatic carbocycles. The van der Waals surface area contributed by atoms with E-state index in [1.54, 1.807) is 11.8 Å². The Kier molecular flexibility index (Phi) is 5.24. The Labute approximate surface area is 123 Å². The molecule has 0 heterocycles. The number of thioether (sulfide) groups is 1. The van der Waals surface area contributed by atoms with Crippen molar-refractivity contribution in [3.63, 3.8) is 0 Å². The van der Waals surface area contributed by atoms with Crippen molar-refractivity contribution in [2.45, 2.75) is 24.3 Å². The van der Waals surface area contributed by atoms with E-state index in [0.29, 0.717) is 0 Å². The zero-order chi connectivity index (χ0) is 14.4. The highest BCUT2D eigenvalue weighted by atomic mass is 32.2. The third-order valence-corrected chi connectivity index (χ3v) is 4.44. The average Bonchev–Trinajstić information content (AvgIpc) is 2.45. The van der Waals surface area contributed by atoms with Gasteiger partial charge in [0.25, 0.3) is 0 Å². The lowest BCUT2D eigenvalue weighted by Crippen LogP contribution is -2.03. The SMILES string of the molecule is Cc1ccc(C(CC(=O)O)SCc2ccccc2)cc1. The molecule has 0 radical (unpaired) electrons. The molecule has 0 fully saturated rings. The Morgan fingerprint density at radius 3 is 2.35 bits per heavy atom. The van der Waals surface area contributed by atoms with Crippen molar-refractivity contribution in [3.8, 4) is 0 Å². The summed E-state index contributed by atoms with van der Waals surface area (Å²) in [5.41, 5.74) is 3.50. The van der Waals surface area contributed by atoms with Crippen molar-refractivity contribution in [1.29, 1.82) is 0 Å². The number of hydrogen-bond acceptors (Lipinski definition) is 2. The molecule has 0 amide bonds. The third kappa shape index (κ3) is 4.42. The summed E-state index contributed by atoms with van der Waals surface area (Å²) in [5, 5.41) is 9.08. The van der Waals surface area contributed by atoms with Crippen LogP contribution in [0.25, 0.3) is 0 Å². The van der Waals surface area contributed by atoms with Gasteiger partial charge in [0.05, 0.1) is 6.42 Å². The summed E-state index contributed by atoms with van der Waals surface area (Å²) in [6, 6.07) is 18.3. The van der Waals surface area contributed by atoms with Crippen LogP contribution in [0, 0.1) is 6.92 Å². The predicted octanol–water partition coefficient (Wildman–Crippen LogP) is 4.44. The molecule has 2 aromatic rings. The molecule has 0 spiro atoms. The van der Waals surface area contributed by atoms with Gasteiger partial charge in [0, 0.05) is 11.0 Å². The molecule has 104 valence electrons. The number of carboxylic acid groups (broad SMARTS) is 1. The third-order valence-electron chi connectivity index (χ3n) is 3.10. The molecule has 0 saturated heterocycles. The molecule has 20 heavy (non-hydrogen) atoms. The quantitative estimate of drug-likeness (QED) is 0.852. The summed E-state index contributed by atoms with van der Waals surface area (Å²) in [4.78, 5) is 11.0. The van der Waals surface area contributed by atoms with Crippen LogP contribution < -0.4 is 0 Å². The van der Waals surface area contributed by atoms with E-state index in [1.165, 1.54) is 11.1 Å². The van der Waals surface area contributed by atoms with Gasteiger partial charge < -0.3 is 5.11 Å². The fraction of sp³-hybridized carbons (Fsp3) is 0.235. The molecule has 3 heteroatoms. The Morgan fingerprint density at radius 1 is 1.10 bits per heavy atom. The monoisotopic (exact) mass is 286 g/mol. The second-order valence-electron chi connectivity index (χ2n) is 4.79. The lowest BCUT2D eigenvalue weighted by molar-refractivity contribution is -0.137. The molecule has 2 rings (SSSR count). The van der Waals surface area contributed by atoms with Crippen LogP contribution in [0.15, 0.2) is 54.6 Å². The fourth-order valence-electron chi connectivity index (χ4n) is 1.98. The molecule has 2 nitrogen and oxygen atoms in total. The number of carbonyl (C=O) groups is 1. The van der Waals surface area contributed by atoms with Crippen LogP contribution >= 0.6 is 11.8 Å². The smallest absolute Gasteiger partial charge is 0.304 e. The van der Waals surface area contributed by atoms with E-state index in [0.717, 1.165) is 11.3 Å². The van der Waals surface area contributed by atoms with Crippen molar-refractivity contribution in [2.24, 2.45) is 0 Å². The Balaban J connectivity index is 2.07. The molecule has 0 aliphatic carbocycles. The summed E-state index contributed by atoms with van der Waals surface area (Å²) >= 11 is 1.68. The maximum absolute atomic E-state index is 11.0. The van der Waals surface area contributed by atoms with Crippen molar-refractivity contribution in [2.75, 3.05) is 0 Å². The van der Waals surface area contributed by atoms with Crippen LogP contribution in [0.2, 0.25) is 0 Å². The fourth-order valence-corrected chi connectivity index (χ4v) is 3.18. The number of hydrogen-bond donors (Lipinski definition) is 1. The molecule has 0 aliphatic rings. The van der Waals surface area contributed by atoms with E-state index in [9.17, 15) is 4.79 Å². The standard InChI is InChI=1S/C17H18O2S/c1-13-7-9-15(10-8-13)16(11-17(18)19)20-12-14-5-3-2-4-6-14/h2-10,16H,11-12H2,1H3,(H,18,19). The molecule has 0 bridgehead atoms. The van der Waals surface area contributed by atoms with Gasteiger partial charge in [-0.1, -0.05) is 60.2 Å². The van der Waals surface area contributed by atoms with E-state index >= 15 is 0 Å². The number of rotatable bonds is 6.